The highest BCUT2D eigenvalue weighted by Gasteiger charge is 2.32. The first-order chi connectivity index (χ1) is 16.7. The van der Waals surface area contributed by atoms with Crippen molar-refractivity contribution >= 4 is 5.91 Å². The molecule has 1 saturated heterocycles. The van der Waals surface area contributed by atoms with E-state index in [-0.39, 0.29) is 17.8 Å². The number of hydrogen-bond acceptors (Lipinski definition) is 4. The monoisotopic (exact) mass is 455 g/mol. The molecule has 3 heterocycles. The molecule has 1 aliphatic heterocycles. The lowest BCUT2D eigenvalue weighted by molar-refractivity contribution is 0.0570. The second kappa shape index (κ2) is 10.00. The van der Waals surface area contributed by atoms with Crippen molar-refractivity contribution in [1.29, 1.82) is 0 Å². The number of halogens is 1. The van der Waals surface area contributed by atoms with Crippen molar-refractivity contribution in [2.75, 3.05) is 6.54 Å². The van der Waals surface area contributed by atoms with Crippen LogP contribution in [0.25, 0.3) is 0 Å². The zero-order valence-corrected chi connectivity index (χ0v) is 18.9. The Morgan fingerprint density at radius 2 is 1.76 bits per heavy atom. The number of hydrogen-bond donors (Lipinski definition) is 0. The third-order valence-corrected chi connectivity index (χ3v) is 6.20. The van der Waals surface area contributed by atoms with Crippen molar-refractivity contribution in [3.05, 3.63) is 119 Å². The van der Waals surface area contributed by atoms with Crippen LogP contribution >= 0.6 is 0 Å². The SMILES string of the molecule is O=C(c1ccnc(Cc2ccccc2)c1)N1CCCC[C@H]1c1ncc(Cc2ccc(F)cc2)o1. The Morgan fingerprint density at radius 3 is 2.59 bits per heavy atom. The predicted octanol–water partition coefficient (Wildman–Crippen LogP) is 5.76. The Kier molecular flexibility index (Phi) is 6.47. The zero-order chi connectivity index (χ0) is 23.3. The number of nitrogens with zero attached hydrogens (tertiary/aromatic N) is 3. The maximum Gasteiger partial charge on any atom is 0.254 e. The van der Waals surface area contributed by atoms with Crippen LogP contribution in [0.4, 0.5) is 4.39 Å². The number of pyridine rings is 1. The van der Waals surface area contributed by atoms with Crippen molar-refractivity contribution in [2.24, 2.45) is 0 Å². The molecule has 5 nitrogen and oxygen atoms in total. The van der Waals surface area contributed by atoms with E-state index in [1.54, 1.807) is 30.6 Å². The van der Waals surface area contributed by atoms with E-state index < -0.39 is 0 Å². The van der Waals surface area contributed by atoms with Gasteiger partial charge in [0.25, 0.3) is 5.91 Å². The van der Waals surface area contributed by atoms with Gasteiger partial charge in [-0.1, -0.05) is 42.5 Å². The second-order valence-corrected chi connectivity index (χ2v) is 8.68. The minimum absolute atomic E-state index is 0.0281. The highest BCUT2D eigenvalue weighted by Crippen LogP contribution is 2.32. The van der Waals surface area contributed by atoms with Gasteiger partial charge in [0.2, 0.25) is 5.89 Å². The summed E-state index contributed by atoms with van der Waals surface area (Å²) >= 11 is 0. The first-order valence-corrected chi connectivity index (χ1v) is 11.6. The van der Waals surface area contributed by atoms with Crippen LogP contribution in [0.1, 0.15) is 64.1 Å². The Hall–Kier alpha value is -3.80. The van der Waals surface area contributed by atoms with Gasteiger partial charge in [0.15, 0.2) is 0 Å². The maximum absolute atomic E-state index is 13.5. The van der Waals surface area contributed by atoms with Gasteiger partial charge in [-0.3, -0.25) is 9.78 Å². The first-order valence-electron chi connectivity index (χ1n) is 11.6. The average molecular weight is 456 g/mol. The van der Waals surface area contributed by atoms with Gasteiger partial charge in [0.05, 0.1) is 6.20 Å². The number of carbonyl (C=O) groups is 1. The summed E-state index contributed by atoms with van der Waals surface area (Å²) in [5, 5.41) is 0. The molecule has 1 aliphatic rings. The van der Waals surface area contributed by atoms with E-state index in [2.05, 4.69) is 22.1 Å². The molecule has 0 unspecified atom stereocenters. The Labute approximate surface area is 198 Å². The fraction of sp³-hybridized carbons (Fsp3) is 0.250. The molecule has 0 aliphatic carbocycles. The van der Waals surface area contributed by atoms with Crippen molar-refractivity contribution in [1.82, 2.24) is 14.9 Å². The summed E-state index contributed by atoms with van der Waals surface area (Å²) in [6.45, 7) is 0.662. The third kappa shape index (κ3) is 5.06. The Morgan fingerprint density at radius 1 is 0.971 bits per heavy atom. The summed E-state index contributed by atoms with van der Waals surface area (Å²) in [6, 6.07) is 19.9. The molecule has 34 heavy (non-hydrogen) atoms. The molecule has 2 aromatic heterocycles. The number of likely N-dealkylation sites (tertiary alicyclic amines) is 1. The lowest BCUT2D eigenvalue weighted by Crippen LogP contribution is -2.38. The highest BCUT2D eigenvalue weighted by molar-refractivity contribution is 5.94. The first kappa shape index (κ1) is 22.0. The third-order valence-electron chi connectivity index (χ3n) is 6.20. The Balaban J connectivity index is 1.33. The van der Waals surface area contributed by atoms with E-state index in [4.69, 9.17) is 4.42 Å². The van der Waals surface area contributed by atoms with Gasteiger partial charge in [-0.05, 0) is 54.7 Å². The quantitative estimate of drug-likeness (QED) is 0.371. The number of amides is 1. The van der Waals surface area contributed by atoms with Gasteiger partial charge >= 0.3 is 0 Å². The second-order valence-electron chi connectivity index (χ2n) is 8.68. The summed E-state index contributed by atoms with van der Waals surface area (Å²) in [4.78, 5) is 24.4. The lowest BCUT2D eigenvalue weighted by atomic mass is 10.0. The van der Waals surface area contributed by atoms with E-state index in [1.165, 1.54) is 12.1 Å². The van der Waals surface area contributed by atoms with E-state index in [1.807, 2.05) is 29.2 Å². The molecule has 5 rings (SSSR count). The number of benzene rings is 2. The number of carbonyl (C=O) groups excluding carboxylic acids is 1. The predicted molar refractivity (Wildman–Crippen MR) is 127 cm³/mol. The minimum atomic E-state index is -0.263. The van der Waals surface area contributed by atoms with Gasteiger partial charge in [-0.15, -0.1) is 0 Å². The topological polar surface area (TPSA) is 59.2 Å². The standard InChI is InChI=1S/C28H26FN3O2/c29-23-11-9-21(10-12-23)17-25-19-31-27(34-25)26-8-4-5-15-32(26)28(33)22-13-14-30-24(18-22)16-20-6-2-1-3-7-20/h1-3,6-7,9-14,18-19,26H,4-5,8,15-17H2/t26-/m0/s1. The molecule has 1 atom stereocenters. The summed E-state index contributed by atoms with van der Waals surface area (Å²) in [6.07, 6.45) is 7.40. The fourth-order valence-electron chi connectivity index (χ4n) is 4.47. The van der Waals surface area contributed by atoms with E-state index in [0.717, 1.165) is 36.1 Å². The number of rotatable bonds is 6. The van der Waals surface area contributed by atoms with Crippen LogP contribution in [0.3, 0.4) is 0 Å². The average Bonchev–Trinajstić information content (AvgIpc) is 3.34. The zero-order valence-electron chi connectivity index (χ0n) is 18.9. The van der Waals surface area contributed by atoms with Crippen LogP contribution < -0.4 is 0 Å². The molecule has 4 aromatic rings. The Bertz CT molecular complexity index is 1250. The number of oxazole rings is 1. The normalized spacial score (nSPS) is 15.9. The summed E-state index contributed by atoms with van der Waals surface area (Å²) < 4.78 is 19.3. The summed E-state index contributed by atoms with van der Waals surface area (Å²) in [7, 11) is 0. The molecule has 1 fully saturated rings. The van der Waals surface area contributed by atoms with Crippen LogP contribution in [0.5, 0.6) is 0 Å². The molecule has 172 valence electrons. The molecule has 0 bridgehead atoms. The summed E-state index contributed by atoms with van der Waals surface area (Å²) in [5.74, 6) is 0.971. The molecular formula is C28H26FN3O2. The van der Waals surface area contributed by atoms with E-state index in [9.17, 15) is 9.18 Å². The van der Waals surface area contributed by atoms with Gasteiger partial charge < -0.3 is 9.32 Å². The van der Waals surface area contributed by atoms with Crippen molar-refractivity contribution in [3.8, 4) is 0 Å². The molecule has 0 N–H and O–H groups in total. The van der Waals surface area contributed by atoms with Gasteiger partial charge in [-0.2, -0.15) is 0 Å². The van der Waals surface area contributed by atoms with Gasteiger partial charge in [0.1, 0.15) is 17.6 Å². The van der Waals surface area contributed by atoms with Crippen LogP contribution in [0.15, 0.2) is 83.5 Å². The maximum atomic E-state index is 13.5. The minimum Gasteiger partial charge on any atom is -0.443 e. The largest absolute Gasteiger partial charge is 0.443 e. The van der Waals surface area contributed by atoms with Crippen molar-refractivity contribution in [3.63, 3.8) is 0 Å². The highest BCUT2D eigenvalue weighted by atomic mass is 19.1. The number of aromatic nitrogens is 2. The van der Waals surface area contributed by atoms with E-state index >= 15 is 0 Å². The molecule has 1 amide bonds. The molecule has 0 radical (unpaired) electrons. The molecule has 2 aromatic carbocycles. The van der Waals surface area contributed by atoms with Crippen molar-refractivity contribution < 1.29 is 13.6 Å². The molecule has 0 saturated carbocycles. The molecular weight excluding hydrogens is 429 g/mol. The van der Waals surface area contributed by atoms with Crippen LogP contribution in [-0.4, -0.2) is 27.3 Å². The van der Waals surface area contributed by atoms with Crippen LogP contribution in [-0.2, 0) is 12.8 Å². The fourth-order valence-corrected chi connectivity index (χ4v) is 4.47. The van der Waals surface area contributed by atoms with Crippen molar-refractivity contribution in [2.45, 2.75) is 38.1 Å². The molecule has 0 spiro atoms. The van der Waals surface area contributed by atoms with Crippen LogP contribution in [0, 0.1) is 5.82 Å². The van der Waals surface area contributed by atoms with E-state index in [0.29, 0.717) is 36.6 Å². The summed E-state index contributed by atoms with van der Waals surface area (Å²) in [5.41, 5.74) is 3.60. The van der Waals surface area contributed by atoms with Crippen LogP contribution in [0.2, 0.25) is 0 Å². The van der Waals surface area contributed by atoms with Gasteiger partial charge in [-0.25, -0.2) is 9.37 Å². The number of piperidine rings is 1. The lowest BCUT2D eigenvalue weighted by Gasteiger charge is -2.34. The molecule has 6 heteroatoms. The smallest absolute Gasteiger partial charge is 0.254 e. The van der Waals surface area contributed by atoms with Gasteiger partial charge in [0, 0.05) is 36.8 Å².